The van der Waals surface area contributed by atoms with Crippen LogP contribution in [0.4, 0.5) is 24.7 Å². The molecule has 0 aliphatic carbocycles. The molecule has 0 spiro atoms. The lowest BCUT2D eigenvalue weighted by Crippen LogP contribution is -2.46. The average Bonchev–Trinajstić information content (AvgIpc) is 3.23. The van der Waals surface area contributed by atoms with Gasteiger partial charge in [0.2, 0.25) is 5.91 Å². The molecule has 0 bridgehead atoms. The molecular weight excluding hydrogens is 447 g/mol. The number of amides is 1. The van der Waals surface area contributed by atoms with E-state index in [1.165, 1.54) is 12.3 Å². The number of rotatable bonds is 7. The van der Waals surface area contributed by atoms with Crippen LogP contribution in [0.1, 0.15) is 48.1 Å². The average molecular weight is 474 g/mol. The van der Waals surface area contributed by atoms with Crippen LogP contribution in [-0.2, 0) is 30.4 Å². The van der Waals surface area contributed by atoms with Crippen LogP contribution >= 0.6 is 0 Å². The van der Waals surface area contributed by atoms with Crippen LogP contribution in [0.25, 0.3) is 0 Å². The number of hydrogen-bond acceptors (Lipinski definition) is 6. The Balaban J connectivity index is 1.42. The summed E-state index contributed by atoms with van der Waals surface area (Å²) in [5.74, 6) is 1.37. The van der Waals surface area contributed by atoms with E-state index in [9.17, 15) is 18.0 Å². The zero-order valence-corrected chi connectivity index (χ0v) is 19.2. The van der Waals surface area contributed by atoms with Crippen LogP contribution in [0.2, 0.25) is 0 Å². The highest BCUT2D eigenvalue weighted by Gasteiger charge is 2.33. The molecule has 4 heterocycles. The number of aromatic nitrogens is 5. The third kappa shape index (κ3) is 5.02. The van der Waals surface area contributed by atoms with Gasteiger partial charge in [-0.05, 0) is 37.0 Å². The minimum absolute atomic E-state index is 0.0352. The number of halogens is 3. The van der Waals surface area contributed by atoms with Crippen molar-refractivity contribution in [2.75, 3.05) is 17.3 Å². The number of alkyl halides is 3. The first-order valence-corrected chi connectivity index (χ1v) is 11.1. The highest BCUT2D eigenvalue weighted by molar-refractivity contribution is 6.03. The van der Waals surface area contributed by atoms with Gasteiger partial charge in [0.1, 0.15) is 23.2 Å². The second-order valence-corrected chi connectivity index (χ2v) is 8.42. The number of carbonyl (C=O) groups excluding carboxylic acids is 1. The number of aryl methyl sites for hydroxylation is 3. The van der Waals surface area contributed by atoms with Crippen LogP contribution in [-0.4, -0.2) is 43.7 Å². The minimum Gasteiger partial charge on any atom is -0.346 e. The molecule has 1 N–H and O–H groups in total. The van der Waals surface area contributed by atoms with E-state index in [1.54, 1.807) is 10.9 Å². The highest BCUT2D eigenvalue weighted by Crippen LogP contribution is 2.32. The summed E-state index contributed by atoms with van der Waals surface area (Å²) in [5.41, 5.74) is 2.05. The Kier molecular flexibility index (Phi) is 6.54. The molecule has 0 saturated carbocycles. The molecule has 4 rings (SSSR count). The van der Waals surface area contributed by atoms with Gasteiger partial charge in [-0.3, -0.25) is 14.5 Å². The fraction of sp³-hybridized carbons (Fsp3) is 0.435. The lowest BCUT2D eigenvalue weighted by molar-refractivity contribution is -0.141. The van der Waals surface area contributed by atoms with Crippen LogP contribution in [0, 0.1) is 6.92 Å². The summed E-state index contributed by atoms with van der Waals surface area (Å²) in [5, 5.41) is 7.25. The van der Waals surface area contributed by atoms with Gasteiger partial charge < -0.3 is 10.2 Å². The molecule has 1 aliphatic rings. The van der Waals surface area contributed by atoms with Crippen molar-refractivity contribution >= 4 is 17.4 Å². The molecule has 1 unspecified atom stereocenters. The van der Waals surface area contributed by atoms with Crippen LogP contribution in [0.5, 0.6) is 0 Å². The number of nitrogens with zero attached hydrogens (tertiary/aromatic N) is 6. The predicted molar refractivity (Wildman–Crippen MR) is 120 cm³/mol. The molecular formula is C23H26F3N7O. The van der Waals surface area contributed by atoms with Crippen molar-refractivity contribution in [3.05, 3.63) is 59.1 Å². The molecule has 3 aromatic rings. The number of nitrogens with one attached hydrogen (secondary N) is 1. The largest absolute Gasteiger partial charge is 0.433 e. The van der Waals surface area contributed by atoms with Crippen molar-refractivity contribution in [3.63, 3.8) is 0 Å². The van der Waals surface area contributed by atoms with Crippen molar-refractivity contribution in [2.45, 2.75) is 58.3 Å². The van der Waals surface area contributed by atoms with Crippen molar-refractivity contribution in [3.8, 4) is 0 Å². The summed E-state index contributed by atoms with van der Waals surface area (Å²) in [4.78, 5) is 27.1. The van der Waals surface area contributed by atoms with Gasteiger partial charge in [-0.1, -0.05) is 19.4 Å². The molecule has 11 heteroatoms. The van der Waals surface area contributed by atoms with Gasteiger partial charge >= 0.3 is 6.18 Å². The molecule has 1 aliphatic heterocycles. The lowest BCUT2D eigenvalue weighted by atomic mass is 10.1. The number of carbonyl (C=O) groups is 1. The van der Waals surface area contributed by atoms with Crippen molar-refractivity contribution in [1.82, 2.24) is 24.7 Å². The predicted octanol–water partition coefficient (Wildman–Crippen LogP) is 3.79. The first kappa shape index (κ1) is 23.7. The molecule has 34 heavy (non-hydrogen) atoms. The quantitative estimate of drug-likeness (QED) is 0.562. The van der Waals surface area contributed by atoms with E-state index < -0.39 is 11.9 Å². The molecule has 1 atom stereocenters. The molecule has 0 aromatic carbocycles. The monoisotopic (exact) mass is 473 g/mol. The van der Waals surface area contributed by atoms with E-state index in [0.29, 0.717) is 36.5 Å². The maximum absolute atomic E-state index is 12.7. The Labute approximate surface area is 195 Å². The van der Waals surface area contributed by atoms with Gasteiger partial charge in [-0.25, -0.2) is 9.97 Å². The van der Waals surface area contributed by atoms with Crippen LogP contribution in [0.3, 0.4) is 0 Å². The van der Waals surface area contributed by atoms with E-state index in [1.807, 2.05) is 32.0 Å². The number of fused-ring (bicyclic) bond motifs is 1. The molecule has 1 amide bonds. The molecule has 3 aromatic heterocycles. The first-order chi connectivity index (χ1) is 16.2. The smallest absolute Gasteiger partial charge is 0.346 e. The van der Waals surface area contributed by atoms with Gasteiger partial charge in [-0.15, -0.1) is 0 Å². The topological polar surface area (TPSA) is 88.8 Å². The van der Waals surface area contributed by atoms with Gasteiger partial charge in [-0.2, -0.15) is 18.3 Å². The second-order valence-electron chi connectivity index (χ2n) is 8.42. The summed E-state index contributed by atoms with van der Waals surface area (Å²) in [6.45, 7) is 4.22. The van der Waals surface area contributed by atoms with Gasteiger partial charge in [0.15, 0.2) is 5.82 Å². The number of pyridine rings is 1. The van der Waals surface area contributed by atoms with E-state index >= 15 is 0 Å². The molecule has 0 saturated heterocycles. The second kappa shape index (κ2) is 9.40. The number of hydrogen-bond donors (Lipinski definition) is 1. The summed E-state index contributed by atoms with van der Waals surface area (Å²) < 4.78 is 39.7. The Morgan fingerprint density at radius 1 is 1.12 bits per heavy atom. The van der Waals surface area contributed by atoms with E-state index in [0.717, 1.165) is 36.0 Å². The zero-order chi connectivity index (χ0) is 24.5. The SMILES string of the molecule is CCCC1C(=O)Nc2c(C)nc(CCc3cnn(Cc4ccc(C(F)(F)F)nc4)c3)nc2N1C. The van der Waals surface area contributed by atoms with E-state index in [4.69, 9.17) is 4.98 Å². The Bertz CT molecular complexity index is 1170. The number of anilines is 2. The highest BCUT2D eigenvalue weighted by atomic mass is 19.4. The minimum atomic E-state index is -4.45. The summed E-state index contributed by atoms with van der Waals surface area (Å²) >= 11 is 0. The third-order valence-electron chi connectivity index (χ3n) is 5.82. The zero-order valence-electron chi connectivity index (χ0n) is 19.2. The van der Waals surface area contributed by atoms with Crippen molar-refractivity contribution in [1.29, 1.82) is 0 Å². The summed E-state index contributed by atoms with van der Waals surface area (Å²) in [7, 11) is 1.88. The normalized spacial score (nSPS) is 15.9. The van der Waals surface area contributed by atoms with Gasteiger partial charge in [0, 0.05) is 25.9 Å². The van der Waals surface area contributed by atoms with Crippen molar-refractivity contribution in [2.24, 2.45) is 0 Å². The maximum atomic E-state index is 12.7. The molecule has 0 radical (unpaired) electrons. The van der Waals surface area contributed by atoms with Crippen molar-refractivity contribution < 1.29 is 18.0 Å². The fourth-order valence-corrected chi connectivity index (χ4v) is 4.01. The first-order valence-electron chi connectivity index (χ1n) is 11.1. The maximum Gasteiger partial charge on any atom is 0.433 e. The lowest BCUT2D eigenvalue weighted by Gasteiger charge is -2.34. The standard InChI is InChI=1S/C23H26F3N7O/c1-4-5-17-22(34)31-20-14(2)29-19(30-21(20)32(17)3)9-7-16-11-28-33(13-16)12-15-6-8-18(27-10-15)23(24,25)26/h6,8,10-11,13,17H,4-5,7,9,12H2,1-3H3,(H,31,34). The van der Waals surface area contributed by atoms with Gasteiger partial charge in [0.05, 0.1) is 18.4 Å². The van der Waals surface area contributed by atoms with Gasteiger partial charge in [0.25, 0.3) is 0 Å². The molecule has 0 fully saturated rings. The summed E-state index contributed by atoms with van der Waals surface area (Å²) in [6, 6.07) is 2.12. The van der Waals surface area contributed by atoms with E-state index in [-0.39, 0.29) is 11.9 Å². The summed E-state index contributed by atoms with van der Waals surface area (Å²) in [6.07, 6.45) is 3.22. The van der Waals surface area contributed by atoms with Crippen LogP contribution in [0.15, 0.2) is 30.7 Å². The number of likely N-dealkylation sites (N-methyl/N-ethyl adjacent to an activating group) is 1. The van der Waals surface area contributed by atoms with E-state index in [2.05, 4.69) is 20.4 Å². The Morgan fingerprint density at radius 3 is 2.59 bits per heavy atom. The third-order valence-corrected chi connectivity index (χ3v) is 5.82. The Morgan fingerprint density at radius 2 is 1.91 bits per heavy atom. The van der Waals surface area contributed by atoms with Crippen LogP contribution < -0.4 is 10.2 Å². The fourth-order valence-electron chi connectivity index (χ4n) is 4.01. The molecule has 180 valence electrons. The Hall–Kier alpha value is -3.50. The molecule has 8 nitrogen and oxygen atoms in total.